The first-order chi connectivity index (χ1) is 13.0. The predicted molar refractivity (Wildman–Crippen MR) is 90.0 cm³/mol. The Morgan fingerprint density at radius 2 is 1.63 bits per heavy atom. The summed E-state index contributed by atoms with van der Waals surface area (Å²) in [6, 6.07) is 9.55. The first-order valence-electron chi connectivity index (χ1n) is 7.70. The van der Waals surface area contributed by atoms with Gasteiger partial charge in [-0.15, -0.1) is 0 Å². The molecule has 0 aliphatic carbocycles. The van der Waals surface area contributed by atoms with Crippen molar-refractivity contribution < 1.29 is 22.4 Å². The summed E-state index contributed by atoms with van der Waals surface area (Å²) in [5, 5.41) is 4.97. The van der Waals surface area contributed by atoms with Crippen LogP contribution >= 0.6 is 0 Å². The number of anilines is 2. The number of benzene rings is 1. The molecule has 9 heteroatoms. The fourth-order valence-electron chi connectivity index (χ4n) is 2.24. The van der Waals surface area contributed by atoms with Crippen molar-refractivity contribution in [2.75, 3.05) is 10.6 Å². The lowest BCUT2D eigenvalue weighted by atomic mass is 10.2. The van der Waals surface area contributed by atoms with Crippen LogP contribution in [0.15, 0.2) is 48.8 Å². The van der Waals surface area contributed by atoms with Crippen LogP contribution < -0.4 is 10.6 Å². The van der Waals surface area contributed by atoms with Crippen molar-refractivity contribution in [3.05, 3.63) is 83.4 Å². The number of amides is 1. The first-order valence-corrected chi connectivity index (χ1v) is 7.70. The van der Waals surface area contributed by atoms with Crippen molar-refractivity contribution in [3.8, 4) is 0 Å². The van der Waals surface area contributed by atoms with Crippen LogP contribution in [0.4, 0.5) is 28.9 Å². The van der Waals surface area contributed by atoms with Gasteiger partial charge in [0.25, 0.3) is 17.8 Å². The zero-order chi connectivity index (χ0) is 19.4. The molecule has 138 valence electrons. The lowest BCUT2D eigenvalue weighted by molar-refractivity contribution is 0.102. The molecule has 0 fully saturated rings. The van der Waals surface area contributed by atoms with Gasteiger partial charge in [-0.25, -0.2) is 0 Å². The number of aromatic nitrogens is 2. The minimum absolute atomic E-state index is 0.104. The largest absolute Gasteiger partial charge is 0.376 e. The number of carbonyl (C=O) groups excluding carboxylic acids is 1. The highest BCUT2D eigenvalue weighted by atomic mass is 19.2. The molecule has 2 N–H and O–H groups in total. The summed E-state index contributed by atoms with van der Waals surface area (Å²) in [5.41, 5.74) is 0.502. The van der Waals surface area contributed by atoms with Gasteiger partial charge in [0.05, 0.1) is 5.56 Å². The molecule has 0 atom stereocenters. The van der Waals surface area contributed by atoms with Gasteiger partial charge in [0, 0.05) is 24.6 Å². The lowest BCUT2D eigenvalue weighted by Gasteiger charge is -2.10. The van der Waals surface area contributed by atoms with E-state index in [2.05, 4.69) is 20.6 Å². The van der Waals surface area contributed by atoms with Crippen LogP contribution in [0.2, 0.25) is 0 Å². The third-order valence-electron chi connectivity index (χ3n) is 3.60. The molecule has 27 heavy (non-hydrogen) atoms. The van der Waals surface area contributed by atoms with E-state index in [1.165, 1.54) is 6.20 Å². The Balaban J connectivity index is 1.66. The first kappa shape index (κ1) is 18.3. The van der Waals surface area contributed by atoms with Crippen molar-refractivity contribution >= 4 is 17.3 Å². The minimum atomic E-state index is -1.73. The van der Waals surface area contributed by atoms with E-state index >= 15 is 0 Å². The lowest BCUT2D eigenvalue weighted by Crippen LogP contribution is -2.12. The number of carbonyl (C=O) groups is 1. The molecule has 0 aliphatic heterocycles. The number of nitrogens with one attached hydrogen (secondary N) is 2. The average molecular weight is 376 g/mol. The zero-order valence-corrected chi connectivity index (χ0v) is 13.6. The molecule has 0 spiro atoms. The van der Waals surface area contributed by atoms with Gasteiger partial charge in [0.15, 0.2) is 0 Å². The molecule has 0 aliphatic rings. The number of pyridine rings is 2. The van der Waals surface area contributed by atoms with Gasteiger partial charge in [0.1, 0.15) is 5.69 Å². The van der Waals surface area contributed by atoms with Gasteiger partial charge in [-0.2, -0.15) is 22.5 Å². The second kappa shape index (κ2) is 7.81. The Labute approximate surface area is 151 Å². The topological polar surface area (TPSA) is 66.9 Å². The summed E-state index contributed by atoms with van der Waals surface area (Å²) >= 11 is 0. The van der Waals surface area contributed by atoms with E-state index in [9.17, 15) is 22.4 Å². The summed E-state index contributed by atoms with van der Waals surface area (Å²) in [7, 11) is 0. The van der Waals surface area contributed by atoms with E-state index in [4.69, 9.17) is 0 Å². The smallest absolute Gasteiger partial charge is 0.257 e. The van der Waals surface area contributed by atoms with Crippen molar-refractivity contribution in [2.24, 2.45) is 0 Å². The van der Waals surface area contributed by atoms with Gasteiger partial charge in [0.2, 0.25) is 11.6 Å². The Morgan fingerprint density at radius 1 is 0.963 bits per heavy atom. The highest BCUT2D eigenvalue weighted by Gasteiger charge is 2.20. The minimum Gasteiger partial charge on any atom is -0.376 e. The molecule has 3 rings (SSSR count). The third kappa shape index (κ3) is 4.20. The molecule has 3 aromatic rings. The summed E-state index contributed by atoms with van der Waals surface area (Å²) < 4.78 is 53.3. The van der Waals surface area contributed by atoms with Gasteiger partial charge in [-0.3, -0.25) is 9.78 Å². The quantitative estimate of drug-likeness (QED) is 0.524. The molecule has 0 saturated carbocycles. The maximum Gasteiger partial charge on any atom is 0.257 e. The molecule has 1 aromatic carbocycles. The molecular formula is C18H12F4N4O. The highest BCUT2D eigenvalue weighted by molar-refractivity contribution is 6.03. The van der Waals surface area contributed by atoms with E-state index in [1.54, 1.807) is 42.6 Å². The van der Waals surface area contributed by atoms with Crippen LogP contribution in [0, 0.1) is 23.5 Å². The van der Waals surface area contributed by atoms with Crippen LogP contribution in [-0.2, 0) is 6.54 Å². The Hall–Kier alpha value is -3.49. The molecule has 0 unspecified atom stereocenters. The van der Waals surface area contributed by atoms with Crippen LogP contribution in [-0.4, -0.2) is 15.9 Å². The van der Waals surface area contributed by atoms with Gasteiger partial charge >= 0.3 is 0 Å². The molecule has 2 aromatic heterocycles. The Morgan fingerprint density at radius 3 is 2.22 bits per heavy atom. The standard InChI is InChI=1S/C18H12F4N4O/c19-13-15(14(20)17(22)26-16(13)21)24-8-10-3-5-12(6-4-10)25-18(27)11-2-1-7-23-9-11/h1-7,9H,8H2,(H,24,26)(H,25,27). The summed E-state index contributed by atoms with van der Waals surface area (Å²) in [6.45, 7) is -0.104. The second-order valence-electron chi connectivity index (χ2n) is 5.44. The number of hydrogen-bond acceptors (Lipinski definition) is 4. The Bertz CT molecular complexity index is 939. The van der Waals surface area contributed by atoms with E-state index in [0.717, 1.165) is 0 Å². The van der Waals surface area contributed by atoms with Crippen molar-refractivity contribution in [2.45, 2.75) is 6.54 Å². The number of rotatable bonds is 5. The highest BCUT2D eigenvalue weighted by Crippen LogP contribution is 2.23. The molecule has 0 bridgehead atoms. The maximum atomic E-state index is 13.6. The van der Waals surface area contributed by atoms with Crippen LogP contribution in [0.25, 0.3) is 0 Å². The van der Waals surface area contributed by atoms with Crippen LogP contribution in [0.1, 0.15) is 15.9 Å². The second-order valence-corrected chi connectivity index (χ2v) is 5.44. The van der Waals surface area contributed by atoms with E-state index in [1.807, 2.05) is 0 Å². The Kier molecular flexibility index (Phi) is 5.30. The van der Waals surface area contributed by atoms with Crippen LogP contribution in [0.5, 0.6) is 0 Å². The molecule has 1 amide bonds. The number of hydrogen-bond donors (Lipinski definition) is 2. The van der Waals surface area contributed by atoms with Crippen molar-refractivity contribution in [1.29, 1.82) is 0 Å². The van der Waals surface area contributed by atoms with Gasteiger partial charge < -0.3 is 10.6 Å². The fraction of sp³-hybridized carbons (Fsp3) is 0.0556. The molecule has 0 radical (unpaired) electrons. The summed E-state index contributed by atoms with van der Waals surface area (Å²) in [4.78, 5) is 18.4. The molecular weight excluding hydrogens is 364 g/mol. The molecule has 2 heterocycles. The monoisotopic (exact) mass is 376 g/mol. The van der Waals surface area contributed by atoms with Gasteiger partial charge in [-0.1, -0.05) is 12.1 Å². The zero-order valence-electron chi connectivity index (χ0n) is 13.6. The van der Waals surface area contributed by atoms with E-state index in [0.29, 0.717) is 16.8 Å². The SMILES string of the molecule is O=C(Nc1ccc(CNc2c(F)c(F)nc(F)c2F)cc1)c1cccnc1. The fourth-order valence-corrected chi connectivity index (χ4v) is 2.24. The predicted octanol–water partition coefficient (Wildman–Crippen LogP) is 3.90. The molecule has 5 nitrogen and oxygen atoms in total. The molecule has 0 saturated heterocycles. The van der Waals surface area contributed by atoms with Crippen molar-refractivity contribution in [1.82, 2.24) is 9.97 Å². The van der Waals surface area contributed by atoms with Crippen molar-refractivity contribution in [3.63, 3.8) is 0 Å². The third-order valence-corrected chi connectivity index (χ3v) is 3.60. The van der Waals surface area contributed by atoms with Gasteiger partial charge in [-0.05, 0) is 29.8 Å². The van der Waals surface area contributed by atoms with Crippen LogP contribution in [0.3, 0.4) is 0 Å². The summed E-state index contributed by atoms with van der Waals surface area (Å²) in [5.74, 6) is -7.01. The summed E-state index contributed by atoms with van der Waals surface area (Å²) in [6.07, 6.45) is 2.97. The maximum absolute atomic E-state index is 13.6. The number of halogens is 4. The van der Waals surface area contributed by atoms with E-state index < -0.39 is 29.2 Å². The average Bonchev–Trinajstić information content (AvgIpc) is 2.68. The van der Waals surface area contributed by atoms with E-state index in [-0.39, 0.29) is 12.5 Å². The normalized spacial score (nSPS) is 10.5. The number of nitrogens with zero attached hydrogens (tertiary/aromatic N) is 2.